The molecule has 3 amide bonds. The van der Waals surface area contributed by atoms with Crippen LogP contribution in [0.2, 0.25) is 0 Å². The number of carboxylic acids is 1. The fourth-order valence-electron chi connectivity index (χ4n) is 4.52. The highest BCUT2D eigenvalue weighted by Gasteiger charge is 2.18. The number of aromatic carboxylic acids is 1. The van der Waals surface area contributed by atoms with Gasteiger partial charge < -0.3 is 21.1 Å². The first-order valence-corrected chi connectivity index (χ1v) is 14.9. The Hall–Kier alpha value is -5.67. The molecule has 0 aromatic heterocycles. The van der Waals surface area contributed by atoms with Gasteiger partial charge in [0, 0.05) is 21.8 Å². The SMILES string of the molecule is CC(Sc1cccc(NC(=O)/C(=C\c2cccc3ccccc23)NC(=O)c2ccccc2)c1)C(=O)Nc1ccc(C(=O)O)cc1. The zero-order valence-corrected chi connectivity index (χ0v) is 25.0. The number of amides is 3. The quantitative estimate of drug-likeness (QED) is 0.0984. The van der Waals surface area contributed by atoms with Crippen molar-refractivity contribution in [3.8, 4) is 0 Å². The van der Waals surface area contributed by atoms with Crippen molar-refractivity contribution in [1.29, 1.82) is 0 Å². The Morgan fingerprint density at radius 2 is 1.40 bits per heavy atom. The van der Waals surface area contributed by atoms with E-state index in [4.69, 9.17) is 5.11 Å². The molecule has 1 unspecified atom stereocenters. The van der Waals surface area contributed by atoms with E-state index in [1.165, 1.54) is 36.0 Å². The van der Waals surface area contributed by atoms with Crippen molar-refractivity contribution in [2.45, 2.75) is 17.1 Å². The summed E-state index contributed by atoms with van der Waals surface area (Å²) >= 11 is 1.30. The van der Waals surface area contributed by atoms with Gasteiger partial charge in [-0.05, 0) is 83.9 Å². The molecule has 0 aliphatic rings. The predicted molar refractivity (Wildman–Crippen MR) is 178 cm³/mol. The van der Waals surface area contributed by atoms with Gasteiger partial charge in [-0.25, -0.2) is 4.79 Å². The summed E-state index contributed by atoms with van der Waals surface area (Å²) in [5.74, 6) is -2.23. The van der Waals surface area contributed by atoms with Crippen LogP contribution in [0, 0.1) is 0 Å². The number of thioether (sulfide) groups is 1. The Bertz CT molecular complexity index is 1900. The lowest BCUT2D eigenvalue weighted by Gasteiger charge is -2.14. The van der Waals surface area contributed by atoms with E-state index in [0.29, 0.717) is 16.9 Å². The summed E-state index contributed by atoms with van der Waals surface area (Å²) in [4.78, 5) is 51.3. The van der Waals surface area contributed by atoms with E-state index in [1.54, 1.807) is 55.5 Å². The van der Waals surface area contributed by atoms with Crippen LogP contribution in [-0.4, -0.2) is 34.0 Å². The average Bonchev–Trinajstić information content (AvgIpc) is 3.05. The van der Waals surface area contributed by atoms with Crippen molar-refractivity contribution >= 4 is 63.7 Å². The predicted octanol–water partition coefficient (Wildman–Crippen LogP) is 7.07. The Kier molecular flexibility index (Phi) is 9.71. The minimum atomic E-state index is -1.04. The number of anilines is 2. The van der Waals surface area contributed by atoms with Gasteiger partial charge in [-0.15, -0.1) is 11.8 Å². The largest absolute Gasteiger partial charge is 0.478 e. The highest BCUT2D eigenvalue weighted by molar-refractivity contribution is 8.00. The number of fused-ring (bicyclic) bond motifs is 1. The number of carboxylic acid groups (broad SMARTS) is 1. The topological polar surface area (TPSA) is 125 Å². The Balaban J connectivity index is 1.33. The van der Waals surface area contributed by atoms with E-state index in [0.717, 1.165) is 21.2 Å². The van der Waals surface area contributed by atoms with Gasteiger partial charge in [0.15, 0.2) is 0 Å². The van der Waals surface area contributed by atoms with Crippen molar-refractivity contribution in [3.05, 3.63) is 144 Å². The molecule has 8 nitrogen and oxygen atoms in total. The summed E-state index contributed by atoms with van der Waals surface area (Å²) in [6.07, 6.45) is 1.66. The van der Waals surface area contributed by atoms with Crippen LogP contribution in [0.3, 0.4) is 0 Å². The lowest BCUT2D eigenvalue weighted by molar-refractivity contribution is -0.115. The van der Waals surface area contributed by atoms with Crippen molar-refractivity contribution in [3.63, 3.8) is 0 Å². The number of carbonyl (C=O) groups is 4. The average molecular weight is 616 g/mol. The second kappa shape index (κ2) is 14.2. The first-order valence-electron chi connectivity index (χ1n) is 14.0. The van der Waals surface area contributed by atoms with E-state index >= 15 is 0 Å². The van der Waals surface area contributed by atoms with Gasteiger partial charge >= 0.3 is 5.97 Å². The molecule has 0 aliphatic heterocycles. The van der Waals surface area contributed by atoms with Crippen molar-refractivity contribution < 1.29 is 24.3 Å². The highest BCUT2D eigenvalue weighted by atomic mass is 32.2. The van der Waals surface area contributed by atoms with Gasteiger partial charge in [0.2, 0.25) is 5.91 Å². The highest BCUT2D eigenvalue weighted by Crippen LogP contribution is 2.27. The zero-order valence-electron chi connectivity index (χ0n) is 24.2. The molecule has 9 heteroatoms. The smallest absolute Gasteiger partial charge is 0.335 e. The van der Waals surface area contributed by atoms with Crippen molar-refractivity contribution in [1.82, 2.24) is 5.32 Å². The first kappa shape index (κ1) is 30.8. The molecule has 5 aromatic rings. The minimum Gasteiger partial charge on any atom is -0.478 e. The second-order valence-corrected chi connectivity index (χ2v) is 11.5. The third-order valence-corrected chi connectivity index (χ3v) is 7.92. The number of hydrogen-bond donors (Lipinski definition) is 4. The first-order chi connectivity index (χ1) is 21.8. The maximum atomic E-state index is 13.6. The standard InChI is InChI=1S/C36H29N3O5S/c1-23(33(40)37-28-19-17-26(18-20-28)36(43)44)45-30-15-8-14-29(22-30)38-35(42)32(39-34(41)25-10-3-2-4-11-25)21-27-13-7-12-24-9-5-6-16-31(24)27/h2-23H,1H3,(H,37,40)(H,38,42)(H,39,41)(H,43,44)/b32-21+. The fraction of sp³-hybridized carbons (Fsp3) is 0.0556. The monoisotopic (exact) mass is 615 g/mol. The fourth-order valence-corrected chi connectivity index (χ4v) is 5.44. The third kappa shape index (κ3) is 8.04. The van der Waals surface area contributed by atoms with E-state index < -0.39 is 23.0 Å². The van der Waals surface area contributed by atoms with E-state index in [2.05, 4.69) is 16.0 Å². The lowest BCUT2D eigenvalue weighted by Crippen LogP contribution is -2.30. The summed E-state index contributed by atoms with van der Waals surface area (Å²) < 4.78 is 0. The van der Waals surface area contributed by atoms with Crippen molar-refractivity contribution in [2.24, 2.45) is 0 Å². The number of benzene rings is 5. The van der Waals surface area contributed by atoms with Crippen molar-refractivity contribution in [2.75, 3.05) is 10.6 Å². The molecule has 4 N–H and O–H groups in total. The minimum absolute atomic E-state index is 0.0694. The van der Waals surface area contributed by atoms with Gasteiger partial charge in [-0.2, -0.15) is 0 Å². The molecule has 0 saturated heterocycles. The normalized spacial score (nSPS) is 11.8. The van der Waals surface area contributed by atoms with Crippen LogP contribution in [0.1, 0.15) is 33.2 Å². The van der Waals surface area contributed by atoms with Crippen LogP contribution < -0.4 is 16.0 Å². The molecule has 0 radical (unpaired) electrons. The van der Waals surface area contributed by atoms with Gasteiger partial charge in [-0.3, -0.25) is 14.4 Å². The molecular weight excluding hydrogens is 586 g/mol. The molecule has 5 rings (SSSR count). The molecular formula is C36H29N3O5S. The molecule has 1 atom stereocenters. The van der Waals surface area contributed by atoms with Gasteiger partial charge in [0.25, 0.3) is 11.8 Å². The Morgan fingerprint density at radius 1 is 0.711 bits per heavy atom. The van der Waals surface area contributed by atoms with Gasteiger partial charge in [0.05, 0.1) is 10.8 Å². The van der Waals surface area contributed by atoms with Crippen LogP contribution >= 0.6 is 11.8 Å². The van der Waals surface area contributed by atoms with Gasteiger partial charge in [-0.1, -0.05) is 66.7 Å². The summed E-state index contributed by atoms with van der Waals surface area (Å²) in [7, 11) is 0. The summed E-state index contributed by atoms with van der Waals surface area (Å²) in [5.41, 5.74) is 2.36. The van der Waals surface area contributed by atoms with Crippen LogP contribution in [0.25, 0.3) is 16.8 Å². The van der Waals surface area contributed by atoms with E-state index in [1.807, 2.05) is 54.6 Å². The third-order valence-electron chi connectivity index (χ3n) is 6.83. The molecule has 0 bridgehead atoms. The number of rotatable bonds is 10. The maximum absolute atomic E-state index is 13.6. The maximum Gasteiger partial charge on any atom is 0.335 e. The Morgan fingerprint density at radius 3 is 2.16 bits per heavy atom. The second-order valence-electron chi connectivity index (χ2n) is 10.1. The van der Waals surface area contributed by atoms with E-state index in [9.17, 15) is 19.2 Å². The molecule has 0 saturated carbocycles. The summed E-state index contributed by atoms with van der Waals surface area (Å²) in [5, 5.41) is 19.0. The molecule has 0 heterocycles. The van der Waals surface area contributed by atoms with E-state index in [-0.39, 0.29) is 17.2 Å². The molecule has 0 aliphatic carbocycles. The number of nitrogens with one attached hydrogen (secondary N) is 3. The molecule has 45 heavy (non-hydrogen) atoms. The molecule has 0 spiro atoms. The lowest BCUT2D eigenvalue weighted by atomic mass is 10.0. The van der Waals surface area contributed by atoms with Crippen LogP contribution in [0.5, 0.6) is 0 Å². The van der Waals surface area contributed by atoms with Crippen LogP contribution in [0.15, 0.2) is 132 Å². The van der Waals surface area contributed by atoms with Gasteiger partial charge in [0.1, 0.15) is 5.70 Å². The summed E-state index contributed by atoms with van der Waals surface area (Å²) in [6.45, 7) is 1.75. The molecule has 224 valence electrons. The molecule has 0 fully saturated rings. The Labute approximate surface area is 264 Å². The summed E-state index contributed by atoms with van der Waals surface area (Å²) in [6, 6.07) is 35.2. The number of carbonyl (C=O) groups excluding carboxylic acids is 3. The zero-order chi connectivity index (χ0) is 31.8. The van der Waals surface area contributed by atoms with Crippen LogP contribution in [-0.2, 0) is 9.59 Å². The van der Waals surface area contributed by atoms with Crippen LogP contribution in [0.4, 0.5) is 11.4 Å². The molecule has 5 aromatic carbocycles. The number of hydrogen-bond acceptors (Lipinski definition) is 5.